The summed E-state index contributed by atoms with van der Waals surface area (Å²) >= 11 is 0. The lowest BCUT2D eigenvalue weighted by Gasteiger charge is -1.98. The fourth-order valence-electron chi connectivity index (χ4n) is 0.980. The first kappa shape index (κ1) is 8.71. The standard InChI is InChI=1S/C9H11NO2/c1-2-7-4-3-5-8(10-7)6-9(11)12/h3-5H,2,6H2,1H3,(H,11,12). The number of aliphatic carboxylic acids is 1. The van der Waals surface area contributed by atoms with Gasteiger partial charge in [-0.05, 0) is 18.6 Å². The van der Waals surface area contributed by atoms with E-state index in [9.17, 15) is 4.79 Å². The van der Waals surface area contributed by atoms with Crippen molar-refractivity contribution in [2.24, 2.45) is 0 Å². The number of pyridine rings is 1. The van der Waals surface area contributed by atoms with Crippen LogP contribution in [0.3, 0.4) is 0 Å². The maximum Gasteiger partial charge on any atom is 0.309 e. The van der Waals surface area contributed by atoms with Gasteiger partial charge in [-0.15, -0.1) is 0 Å². The highest BCUT2D eigenvalue weighted by atomic mass is 16.4. The smallest absolute Gasteiger partial charge is 0.309 e. The highest BCUT2D eigenvalue weighted by molar-refractivity contribution is 5.69. The third-order valence-corrected chi connectivity index (χ3v) is 1.56. The molecule has 12 heavy (non-hydrogen) atoms. The van der Waals surface area contributed by atoms with Gasteiger partial charge in [0.05, 0.1) is 12.1 Å². The Morgan fingerprint density at radius 2 is 2.17 bits per heavy atom. The molecule has 1 heterocycles. The molecule has 64 valence electrons. The van der Waals surface area contributed by atoms with Crippen molar-refractivity contribution in [2.45, 2.75) is 19.8 Å². The van der Waals surface area contributed by atoms with Gasteiger partial charge < -0.3 is 5.11 Å². The van der Waals surface area contributed by atoms with Crippen LogP contribution in [-0.4, -0.2) is 16.1 Å². The van der Waals surface area contributed by atoms with Gasteiger partial charge >= 0.3 is 5.97 Å². The number of nitrogens with zero attached hydrogens (tertiary/aromatic N) is 1. The Kier molecular flexibility index (Phi) is 2.80. The first-order valence-electron chi connectivity index (χ1n) is 3.89. The van der Waals surface area contributed by atoms with Crippen molar-refractivity contribution < 1.29 is 9.90 Å². The van der Waals surface area contributed by atoms with E-state index in [0.717, 1.165) is 12.1 Å². The maximum absolute atomic E-state index is 10.3. The second kappa shape index (κ2) is 3.85. The van der Waals surface area contributed by atoms with Crippen LogP contribution in [0, 0.1) is 0 Å². The second-order valence-corrected chi connectivity index (χ2v) is 2.54. The Balaban J connectivity index is 2.79. The van der Waals surface area contributed by atoms with Crippen LogP contribution in [0.1, 0.15) is 18.3 Å². The molecule has 0 unspecified atom stereocenters. The summed E-state index contributed by atoms with van der Waals surface area (Å²) in [5.74, 6) is -0.837. The van der Waals surface area contributed by atoms with E-state index in [-0.39, 0.29) is 6.42 Å². The third kappa shape index (κ3) is 2.34. The molecule has 1 aromatic rings. The van der Waals surface area contributed by atoms with Crippen LogP contribution in [0.4, 0.5) is 0 Å². The molecule has 0 bridgehead atoms. The minimum absolute atomic E-state index is 0.00778. The van der Waals surface area contributed by atoms with E-state index in [0.29, 0.717) is 5.69 Å². The van der Waals surface area contributed by atoms with E-state index in [4.69, 9.17) is 5.11 Å². The zero-order valence-electron chi connectivity index (χ0n) is 6.95. The molecular formula is C9H11NO2. The molecule has 1 aromatic heterocycles. The Labute approximate surface area is 71.1 Å². The van der Waals surface area contributed by atoms with Crippen LogP contribution in [0.25, 0.3) is 0 Å². The van der Waals surface area contributed by atoms with Crippen LogP contribution < -0.4 is 0 Å². The van der Waals surface area contributed by atoms with Gasteiger partial charge in [0, 0.05) is 5.69 Å². The lowest BCUT2D eigenvalue weighted by molar-refractivity contribution is -0.136. The minimum atomic E-state index is -0.837. The van der Waals surface area contributed by atoms with Crippen molar-refractivity contribution in [1.29, 1.82) is 0 Å². The topological polar surface area (TPSA) is 50.2 Å². The van der Waals surface area contributed by atoms with Crippen molar-refractivity contribution in [3.63, 3.8) is 0 Å². The predicted molar refractivity (Wildman–Crippen MR) is 45.0 cm³/mol. The first-order chi connectivity index (χ1) is 5.72. The zero-order chi connectivity index (χ0) is 8.97. The number of hydrogen-bond donors (Lipinski definition) is 1. The molecule has 0 aromatic carbocycles. The van der Waals surface area contributed by atoms with E-state index >= 15 is 0 Å². The molecule has 3 nitrogen and oxygen atoms in total. The summed E-state index contributed by atoms with van der Waals surface area (Å²) in [5, 5.41) is 8.49. The summed E-state index contributed by atoms with van der Waals surface area (Å²) in [6.45, 7) is 1.99. The SMILES string of the molecule is CCc1cccc(CC(=O)O)n1. The summed E-state index contributed by atoms with van der Waals surface area (Å²) in [5.41, 5.74) is 1.57. The van der Waals surface area contributed by atoms with Crippen LogP contribution in [0.5, 0.6) is 0 Å². The number of rotatable bonds is 3. The van der Waals surface area contributed by atoms with E-state index in [1.807, 2.05) is 19.1 Å². The monoisotopic (exact) mass is 165 g/mol. The van der Waals surface area contributed by atoms with Crippen molar-refractivity contribution in [3.8, 4) is 0 Å². The number of carbonyl (C=O) groups is 1. The predicted octanol–water partition coefficient (Wildman–Crippen LogP) is 1.27. The van der Waals surface area contributed by atoms with Gasteiger partial charge in [-0.1, -0.05) is 13.0 Å². The number of hydrogen-bond acceptors (Lipinski definition) is 2. The fourth-order valence-corrected chi connectivity index (χ4v) is 0.980. The largest absolute Gasteiger partial charge is 0.481 e. The number of carboxylic acids is 1. The molecular weight excluding hydrogens is 154 g/mol. The van der Waals surface area contributed by atoms with Gasteiger partial charge in [-0.3, -0.25) is 9.78 Å². The zero-order valence-corrected chi connectivity index (χ0v) is 6.95. The van der Waals surface area contributed by atoms with Crippen LogP contribution in [-0.2, 0) is 17.6 Å². The summed E-state index contributed by atoms with van der Waals surface area (Å²) in [6.07, 6.45) is 0.849. The molecule has 0 amide bonds. The van der Waals surface area contributed by atoms with Crippen molar-refractivity contribution in [1.82, 2.24) is 4.98 Å². The molecule has 3 heteroatoms. The maximum atomic E-state index is 10.3. The Morgan fingerprint density at radius 3 is 2.75 bits per heavy atom. The lowest BCUT2D eigenvalue weighted by atomic mass is 10.2. The van der Waals surface area contributed by atoms with Crippen LogP contribution >= 0.6 is 0 Å². The molecule has 1 rings (SSSR count). The van der Waals surface area contributed by atoms with Gasteiger partial charge in [0.25, 0.3) is 0 Å². The molecule has 0 fully saturated rings. The Hall–Kier alpha value is -1.38. The molecule has 0 aliphatic heterocycles. The number of carboxylic acid groups (broad SMARTS) is 1. The van der Waals surface area contributed by atoms with Crippen molar-refractivity contribution >= 4 is 5.97 Å². The summed E-state index contributed by atoms with van der Waals surface area (Å²) in [7, 11) is 0. The van der Waals surface area contributed by atoms with Crippen LogP contribution in [0.2, 0.25) is 0 Å². The van der Waals surface area contributed by atoms with Gasteiger partial charge in [0.2, 0.25) is 0 Å². The van der Waals surface area contributed by atoms with E-state index < -0.39 is 5.97 Å². The van der Waals surface area contributed by atoms with E-state index in [1.54, 1.807) is 6.07 Å². The molecule has 0 aliphatic carbocycles. The lowest BCUT2D eigenvalue weighted by Crippen LogP contribution is -2.03. The van der Waals surface area contributed by atoms with Crippen LogP contribution in [0.15, 0.2) is 18.2 Å². The first-order valence-corrected chi connectivity index (χ1v) is 3.89. The van der Waals surface area contributed by atoms with E-state index in [2.05, 4.69) is 4.98 Å². The third-order valence-electron chi connectivity index (χ3n) is 1.56. The summed E-state index contributed by atoms with van der Waals surface area (Å²) in [4.78, 5) is 14.5. The van der Waals surface area contributed by atoms with Gasteiger partial charge in [0.15, 0.2) is 0 Å². The van der Waals surface area contributed by atoms with Gasteiger partial charge in [-0.25, -0.2) is 0 Å². The highest BCUT2D eigenvalue weighted by Gasteiger charge is 2.01. The molecule has 0 aliphatic rings. The quantitative estimate of drug-likeness (QED) is 0.733. The number of aromatic nitrogens is 1. The minimum Gasteiger partial charge on any atom is -0.481 e. The molecule has 1 N–H and O–H groups in total. The number of aryl methyl sites for hydroxylation is 1. The van der Waals surface area contributed by atoms with Crippen molar-refractivity contribution in [3.05, 3.63) is 29.6 Å². The van der Waals surface area contributed by atoms with Gasteiger partial charge in [0.1, 0.15) is 0 Å². The Morgan fingerprint density at radius 1 is 1.50 bits per heavy atom. The molecule has 0 spiro atoms. The van der Waals surface area contributed by atoms with Gasteiger partial charge in [-0.2, -0.15) is 0 Å². The second-order valence-electron chi connectivity index (χ2n) is 2.54. The molecule has 0 saturated carbocycles. The average Bonchev–Trinajstić information content (AvgIpc) is 2.03. The molecule has 0 saturated heterocycles. The summed E-state index contributed by atoms with van der Waals surface area (Å²) in [6, 6.07) is 5.46. The summed E-state index contributed by atoms with van der Waals surface area (Å²) < 4.78 is 0. The molecule has 0 radical (unpaired) electrons. The normalized spacial score (nSPS) is 9.75. The molecule has 0 atom stereocenters. The highest BCUT2D eigenvalue weighted by Crippen LogP contribution is 2.00. The van der Waals surface area contributed by atoms with E-state index in [1.165, 1.54) is 0 Å². The van der Waals surface area contributed by atoms with Crippen molar-refractivity contribution in [2.75, 3.05) is 0 Å². The fraction of sp³-hybridized carbons (Fsp3) is 0.333. The average molecular weight is 165 g/mol. The Bertz CT molecular complexity index is 284.